The number of nitrogens with zero attached hydrogens (tertiary/aromatic N) is 2. The lowest BCUT2D eigenvalue weighted by Gasteiger charge is -2.50. The van der Waals surface area contributed by atoms with Gasteiger partial charge in [0.2, 0.25) is 0 Å². The molecular formula is C27H33N3O. The molecule has 1 N–H and O–H groups in total. The van der Waals surface area contributed by atoms with Gasteiger partial charge in [0.05, 0.1) is 0 Å². The zero-order valence-corrected chi connectivity index (χ0v) is 19.5. The van der Waals surface area contributed by atoms with E-state index in [1.54, 1.807) is 6.08 Å². The maximum Gasteiger partial charge on any atom is 0.262 e. The van der Waals surface area contributed by atoms with Crippen LogP contribution in [0.2, 0.25) is 0 Å². The minimum absolute atomic E-state index is 0.0829. The first-order valence-corrected chi connectivity index (χ1v) is 11.0. The van der Waals surface area contributed by atoms with Gasteiger partial charge in [-0.05, 0) is 87.4 Å². The summed E-state index contributed by atoms with van der Waals surface area (Å²) in [5, 5.41) is 12.5. The molecule has 1 aliphatic rings. The van der Waals surface area contributed by atoms with Crippen LogP contribution in [0, 0.1) is 18.3 Å². The normalized spacial score (nSPS) is 17.8. The van der Waals surface area contributed by atoms with Crippen molar-refractivity contribution in [3.63, 3.8) is 0 Å². The van der Waals surface area contributed by atoms with E-state index in [-0.39, 0.29) is 17.0 Å². The summed E-state index contributed by atoms with van der Waals surface area (Å²) in [6, 6.07) is 16.6. The van der Waals surface area contributed by atoms with Crippen molar-refractivity contribution in [3.8, 4) is 6.07 Å². The van der Waals surface area contributed by atoms with Gasteiger partial charge in [-0.2, -0.15) is 5.26 Å². The fourth-order valence-corrected chi connectivity index (χ4v) is 4.92. The molecule has 4 nitrogen and oxygen atoms in total. The zero-order chi connectivity index (χ0) is 22.8. The first-order chi connectivity index (χ1) is 14.6. The van der Waals surface area contributed by atoms with Crippen molar-refractivity contribution in [2.45, 2.75) is 72.0 Å². The average Bonchev–Trinajstić information content (AvgIpc) is 2.70. The van der Waals surface area contributed by atoms with E-state index in [0.717, 1.165) is 23.1 Å². The highest BCUT2D eigenvalue weighted by atomic mass is 16.1. The van der Waals surface area contributed by atoms with Crippen molar-refractivity contribution in [1.82, 2.24) is 5.32 Å². The summed E-state index contributed by atoms with van der Waals surface area (Å²) >= 11 is 0. The number of carbonyl (C=O) groups is 1. The van der Waals surface area contributed by atoms with Crippen LogP contribution in [0.25, 0.3) is 6.08 Å². The number of benzene rings is 2. The summed E-state index contributed by atoms with van der Waals surface area (Å²) in [7, 11) is 0. The van der Waals surface area contributed by atoms with Gasteiger partial charge in [-0.3, -0.25) is 4.79 Å². The number of fused-ring (bicyclic) bond motifs is 1. The Labute approximate surface area is 186 Å². The summed E-state index contributed by atoms with van der Waals surface area (Å²) in [5.41, 5.74) is 5.76. The predicted octanol–water partition coefficient (Wildman–Crippen LogP) is 5.72. The summed E-state index contributed by atoms with van der Waals surface area (Å²) in [6.07, 6.45) is 2.79. The van der Waals surface area contributed by atoms with Gasteiger partial charge in [-0.15, -0.1) is 0 Å². The molecule has 1 unspecified atom stereocenters. The number of rotatable bonds is 5. The van der Waals surface area contributed by atoms with E-state index in [9.17, 15) is 10.1 Å². The molecule has 0 aliphatic carbocycles. The second kappa shape index (κ2) is 8.98. The van der Waals surface area contributed by atoms with E-state index < -0.39 is 0 Å². The van der Waals surface area contributed by atoms with Crippen LogP contribution in [-0.4, -0.2) is 17.5 Å². The van der Waals surface area contributed by atoms with E-state index in [2.05, 4.69) is 63.0 Å². The standard InChI is InChI=1S/C27H33N3O/c1-18(2)30-25-12-19(3)22(14-24(25)20(4)15-27(30,5)6)13-23(16-28)26(31)29-17-21-10-8-7-9-11-21/h7-14,18,20H,15,17H2,1-6H3,(H,29,31)/b23-13-. The quantitative estimate of drug-likeness (QED) is 0.502. The SMILES string of the molecule is Cc1cc2c(cc1/C=C(/C#N)C(=O)NCc1ccccc1)C(C)CC(C)(C)N2C(C)C. The van der Waals surface area contributed by atoms with Gasteiger partial charge in [0, 0.05) is 23.8 Å². The Morgan fingerprint density at radius 1 is 1.29 bits per heavy atom. The Kier molecular flexibility index (Phi) is 6.55. The lowest BCUT2D eigenvalue weighted by atomic mass is 9.78. The van der Waals surface area contributed by atoms with Crippen LogP contribution in [0.3, 0.4) is 0 Å². The number of nitrogens with one attached hydrogen (secondary N) is 1. The van der Waals surface area contributed by atoms with Crippen LogP contribution < -0.4 is 10.2 Å². The largest absolute Gasteiger partial charge is 0.364 e. The van der Waals surface area contributed by atoms with Crippen LogP contribution >= 0.6 is 0 Å². The maximum atomic E-state index is 12.6. The van der Waals surface area contributed by atoms with Gasteiger partial charge in [0.15, 0.2) is 0 Å². The second-order valence-corrected chi connectivity index (χ2v) is 9.49. The fraction of sp³-hybridized carbons (Fsp3) is 0.407. The van der Waals surface area contributed by atoms with Crippen LogP contribution in [0.4, 0.5) is 5.69 Å². The molecule has 1 atom stereocenters. The van der Waals surface area contributed by atoms with Crippen LogP contribution in [0.15, 0.2) is 48.0 Å². The number of amides is 1. The first-order valence-electron chi connectivity index (χ1n) is 11.0. The highest BCUT2D eigenvalue weighted by Gasteiger charge is 2.37. The molecule has 4 heteroatoms. The van der Waals surface area contributed by atoms with Crippen molar-refractivity contribution in [2.75, 3.05) is 4.90 Å². The molecule has 0 spiro atoms. The van der Waals surface area contributed by atoms with E-state index in [1.807, 2.05) is 37.3 Å². The number of carbonyl (C=O) groups excluding carboxylic acids is 1. The molecule has 2 aromatic carbocycles. The molecular weight excluding hydrogens is 382 g/mol. The Morgan fingerprint density at radius 3 is 2.58 bits per heavy atom. The molecule has 162 valence electrons. The summed E-state index contributed by atoms with van der Waals surface area (Å²) < 4.78 is 0. The molecule has 1 heterocycles. The van der Waals surface area contributed by atoms with Gasteiger partial charge in [0.1, 0.15) is 11.6 Å². The van der Waals surface area contributed by atoms with Gasteiger partial charge in [0.25, 0.3) is 5.91 Å². The highest BCUT2D eigenvalue weighted by Crippen LogP contribution is 2.45. The molecule has 31 heavy (non-hydrogen) atoms. The minimum Gasteiger partial charge on any atom is -0.364 e. The van der Waals surface area contributed by atoms with Crippen molar-refractivity contribution < 1.29 is 4.79 Å². The Balaban J connectivity index is 1.92. The van der Waals surface area contributed by atoms with Crippen molar-refractivity contribution in [2.24, 2.45) is 0 Å². The molecule has 1 amide bonds. The number of anilines is 1. The van der Waals surface area contributed by atoms with E-state index in [4.69, 9.17) is 0 Å². The molecule has 0 bridgehead atoms. The maximum absolute atomic E-state index is 12.6. The molecule has 0 saturated carbocycles. The first kappa shape index (κ1) is 22.6. The van der Waals surface area contributed by atoms with Gasteiger partial charge in [-0.1, -0.05) is 37.3 Å². The summed E-state index contributed by atoms with van der Waals surface area (Å²) in [4.78, 5) is 15.1. The van der Waals surface area contributed by atoms with Crippen LogP contribution in [-0.2, 0) is 11.3 Å². The van der Waals surface area contributed by atoms with Gasteiger partial charge in [-0.25, -0.2) is 0 Å². The average molecular weight is 416 g/mol. The minimum atomic E-state index is -0.346. The Bertz CT molecular complexity index is 1030. The Hall–Kier alpha value is -3.06. The molecule has 3 rings (SSSR count). The topological polar surface area (TPSA) is 56.1 Å². The molecule has 0 radical (unpaired) electrons. The summed E-state index contributed by atoms with van der Waals surface area (Å²) in [6.45, 7) is 13.8. The highest BCUT2D eigenvalue weighted by molar-refractivity contribution is 6.01. The fourth-order valence-electron chi connectivity index (χ4n) is 4.92. The molecule has 2 aromatic rings. The lowest BCUT2D eigenvalue weighted by molar-refractivity contribution is -0.117. The zero-order valence-electron chi connectivity index (χ0n) is 19.5. The van der Waals surface area contributed by atoms with Crippen molar-refractivity contribution >= 4 is 17.7 Å². The van der Waals surface area contributed by atoms with E-state index >= 15 is 0 Å². The number of hydrogen-bond acceptors (Lipinski definition) is 3. The number of hydrogen-bond donors (Lipinski definition) is 1. The molecule has 0 saturated heterocycles. The third kappa shape index (κ3) is 4.82. The van der Waals surface area contributed by atoms with Crippen LogP contribution in [0.1, 0.15) is 69.2 Å². The number of aryl methyl sites for hydroxylation is 1. The van der Waals surface area contributed by atoms with Gasteiger partial charge < -0.3 is 10.2 Å². The molecule has 1 aliphatic heterocycles. The summed E-state index contributed by atoms with van der Waals surface area (Å²) in [5.74, 6) is 0.0617. The monoisotopic (exact) mass is 415 g/mol. The predicted molar refractivity (Wildman–Crippen MR) is 128 cm³/mol. The Morgan fingerprint density at radius 2 is 1.97 bits per heavy atom. The van der Waals surface area contributed by atoms with Gasteiger partial charge >= 0.3 is 0 Å². The molecule has 0 fully saturated rings. The van der Waals surface area contributed by atoms with Crippen molar-refractivity contribution in [3.05, 3.63) is 70.3 Å². The third-order valence-electron chi connectivity index (χ3n) is 6.14. The lowest BCUT2D eigenvalue weighted by Crippen LogP contribution is -2.51. The number of nitriles is 1. The van der Waals surface area contributed by atoms with E-state index in [1.165, 1.54) is 11.3 Å². The third-order valence-corrected chi connectivity index (χ3v) is 6.14. The van der Waals surface area contributed by atoms with E-state index in [0.29, 0.717) is 18.5 Å². The smallest absolute Gasteiger partial charge is 0.262 e. The van der Waals surface area contributed by atoms with Crippen molar-refractivity contribution in [1.29, 1.82) is 5.26 Å². The van der Waals surface area contributed by atoms with Crippen LogP contribution in [0.5, 0.6) is 0 Å². The second-order valence-electron chi connectivity index (χ2n) is 9.49. The molecule has 0 aromatic heterocycles.